The van der Waals surface area contributed by atoms with E-state index in [1.807, 2.05) is 42.1 Å². The topological polar surface area (TPSA) is 123 Å². The lowest BCUT2D eigenvalue weighted by atomic mass is 9.88. The summed E-state index contributed by atoms with van der Waals surface area (Å²) in [6.45, 7) is 2.00. The number of ether oxygens (including phenoxy) is 1. The first-order chi connectivity index (χ1) is 16.5. The molecular formula is C24H28N8O2. The Kier molecular flexibility index (Phi) is 7.04. The van der Waals surface area contributed by atoms with Gasteiger partial charge < -0.3 is 19.9 Å². The van der Waals surface area contributed by atoms with E-state index in [0.29, 0.717) is 24.1 Å². The zero-order valence-electron chi connectivity index (χ0n) is 19.6. The number of likely N-dealkylation sites (tertiary alicyclic amines) is 1. The molecule has 1 aliphatic heterocycles. The second kappa shape index (κ2) is 10.3. The fraction of sp³-hybridized carbons (Fsp3) is 0.375. The molecule has 0 saturated carbocycles. The second-order valence-electron chi connectivity index (χ2n) is 8.54. The van der Waals surface area contributed by atoms with Gasteiger partial charge in [0.15, 0.2) is 11.5 Å². The number of rotatable bonds is 7. The number of aromatic nitrogens is 4. The van der Waals surface area contributed by atoms with E-state index in [4.69, 9.17) is 10.00 Å². The van der Waals surface area contributed by atoms with Gasteiger partial charge >= 0.3 is 0 Å². The number of nitrogens with zero attached hydrogens (tertiary/aromatic N) is 6. The van der Waals surface area contributed by atoms with Gasteiger partial charge in [0.25, 0.3) is 0 Å². The Hall–Kier alpha value is -3.97. The van der Waals surface area contributed by atoms with E-state index in [1.54, 1.807) is 7.11 Å². The first-order valence-electron chi connectivity index (χ1n) is 11.1. The third-order valence-corrected chi connectivity index (χ3v) is 5.89. The Morgan fingerprint density at radius 3 is 2.68 bits per heavy atom. The maximum Gasteiger partial charge on any atom is 0.236 e. The number of nitriles is 1. The van der Waals surface area contributed by atoms with E-state index >= 15 is 0 Å². The third kappa shape index (κ3) is 5.32. The van der Waals surface area contributed by atoms with Crippen molar-refractivity contribution in [2.45, 2.75) is 18.8 Å². The molecule has 2 N–H and O–H groups in total. The zero-order chi connectivity index (χ0) is 24.1. The molecule has 0 atom stereocenters. The summed E-state index contributed by atoms with van der Waals surface area (Å²) < 4.78 is 5.70. The normalized spacial score (nSPS) is 14.1. The highest BCUT2D eigenvalue weighted by Crippen LogP contribution is 2.36. The number of methoxy groups -OCH3 is 1. The zero-order valence-corrected chi connectivity index (χ0v) is 19.6. The van der Waals surface area contributed by atoms with Gasteiger partial charge in [-0.3, -0.25) is 9.89 Å². The van der Waals surface area contributed by atoms with Crippen LogP contribution in [0.5, 0.6) is 5.75 Å². The number of anilines is 2. The largest absolute Gasteiger partial charge is 0.496 e. The molecule has 0 spiro atoms. The predicted molar refractivity (Wildman–Crippen MR) is 128 cm³/mol. The number of amides is 1. The molecule has 0 unspecified atom stereocenters. The van der Waals surface area contributed by atoms with Gasteiger partial charge in [-0.1, -0.05) is 6.07 Å². The van der Waals surface area contributed by atoms with E-state index in [0.717, 1.165) is 42.9 Å². The SMILES string of the molecule is COc1cc(C2CCN(C(=O)CN(C)C)CC2)ccc1-c1cc(Nc2cnc(C#N)cn2)n[nH]1. The number of benzene rings is 1. The first kappa shape index (κ1) is 23.2. The van der Waals surface area contributed by atoms with Crippen LogP contribution in [0.2, 0.25) is 0 Å². The fourth-order valence-corrected chi connectivity index (χ4v) is 4.12. The van der Waals surface area contributed by atoms with Gasteiger partial charge in [-0.2, -0.15) is 10.4 Å². The average molecular weight is 461 g/mol. The van der Waals surface area contributed by atoms with Crippen LogP contribution in [0.4, 0.5) is 11.6 Å². The number of H-pyrrole nitrogens is 1. The Morgan fingerprint density at radius 2 is 2.03 bits per heavy atom. The second-order valence-corrected chi connectivity index (χ2v) is 8.54. The number of hydrogen-bond acceptors (Lipinski definition) is 8. The molecule has 3 aromatic rings. The maximum atomic E-state index is 12.3. The van der Waals surface area contributed by atoms with Crippen LogP contribution in [-0.4, -0.2) is 76.7 Å². The molecule has 1 fully saturated rings. The summed E-state index contributed by atoms with van der Waals surface area (Å²) in [5.74, 6) is 2.41. The molecule has 2 aromatic heterocycles. The van der Waals surface area contributed by atoms with Gasteiger partial charge in [-0.15, -0.1) is 0 Å². The lowest BCUT2D eigenvalue weighted by Gasteiger charge is -2.33. The number of hydrogen-bond donors (Lipinski definition) is 2. The predicted octanol–water partition coefficient (Wildman–Crippen LogP) is 2.76. The van der Waals surface area contributed by atoms with Crippen LogP contribution in [0, 0.1) is 11.3 Å². The van der Waals surface area contributed by atoms with Crippen LogP contribution >= 0.6 is 0 Å². The van der Waals surface area contributed by atoms with Crippen molar-refractivity contribution in [1.82, 2.24) is 30.0 Å². The van der Waals surface area contributed by atoms with Crippen molar-refractivity contribution in [3.05, 3.63) is 47.9 Å². The summed E-state index contributed by atoms with van der Waals surface area (Å²) in [4.78, 5) is 24.3. The smallest absolute Gasteiger partial charge is 0.236 e. The molecule has 10 nitrogen and oxygen atoms in total. The molecule has 176 valence electrons. The van der Waals surface area contributed by atoms with Crippen molar-refractivity contribution in [2.75, 3.05) is 46.2 Å². The fourth-order valence-electron chi connectivity index (χ4n) is 4.12. The number of likely N-dealkylation sites (N-methyl/N-ethyl adjacent to an activating group) is 1. The molecule has 4 rings (SSSR count). The van der Waals surface area contributed by atoms with Gasteiger partial charge in [0.2, 0.25) is 5.91 Å². The van der Waals surface area contributed by atoms with Crippen LogP contribution < -0.4 is 10.1 Å². The van der Waals surface area contributed by atoms with Crippen LogP contribution in [0.3, 0.4) is 0 Å². The van der Waals surface area contributed by atoms with Gasteiger partial charge in [0.05, 0.1) is 31.7 Å². The van der Waals surface area contributed by atoms with Crippen LogP contribution in [0.15, 0.2) is 36.7 Å². The highest BCUT2D eigenvalue weighted by atomic mass is 16.5. The van der Waals surface area contributed by atoms with Crippen LogP contribution in [0.25, 0.3) is 11.3 Å². The van der Waals surface area contributed by atoms with Crippen molar-refractivity contribution in [2.24, 2.45) is 0 Å². The molecule has 34 heavy (non-hydrogen) atoms. The van der Waals surface area contributed by atoms with E-state index in [2.05, 4.69) is 37.6 Å². The van der Waals surface area contributed by atoms with E-state index in [1.165, 1.54) is 18.0 Å². The van der Waals surface area contributed by atoms with Crippen LogP contribution in [-0.2, 0) is 4.79 Å². The van der Waals surface area contributed by atoms with Gasteiger partial charge in [0.1, 0.15) is 17.6 Å². The lowest BCUT2D eigenvalue weighted by molar-refractivity contribution is -0.132. The molecular weight excluding hydrogens is 432 g/mol. The minimum Gasteiger partial charge on any atom is -0.496 e. The molecule has 10 heteroatoms. The molecule has 1 aliphatic rings. The quantitative estimate of drug-likeness (QED) is 0.552. The number of nitrogens with one attached hydrogen (secondary N) is 2. The Morgan fingerprint density at radius 1 is 1.24 bits per heavy atom. The third-order valence-electron chi connectivity index (χ3n) is 5.89. The standard InChI is InChI=1S/C24H28N8O2/c1-31(2)15-24(33)32-8-6-16(7-9-32)17-4-5-19(21(10-17)34-3)20-11-22(30-29-20)28-23-14-26-18(12-25)13-27-23/h4-5,10-11,13-14,16H,6-9,15H2,1-3H3,(H2,27,28,29,30). The summed E-state index contributed by atoms with van der Waals surface area (Å²) >= 11 is 0. The van der Waals surface area contributed by atoms with Gasteiger partial charge in [0, 0.05) is 24.7 Å². The summed E-state index contributed by atoms with van der Waals surface area (Å²) in [5.41, 5.74) is 3.17. The minimum atomic E-state index is 0.187. The molecule has 0 radical (unpaired) electrons. The lowest BCUT2D eigenvalue weighted by Crippen LogP contribution is -2.42. The molecule has 0 aliphatic carbocycles. The Balaban J connectivity index is 1.44. The number of carbonyl (C=O) groups excluding carboxylic acids is 1. The monoisotopic (exact) mass is 460 g/mol. The van der Waals surface area contributed by atoms with E-state index < -0.39 is 0 Å². The molecule has 0 bridgehead atoms. The summed E-state index contributed by atoms with van der Waals surface area (Å²) in [5, 5.41) is 19.2. The number of carbonyl (C=O) groups is 1. The van der Waals surface area contributed by atoms with Crippen molar-refractivity contribution in [1.29, 1.82) is 5.26 Å². The molecule has 1 aromatic carbocycles. The van der Waals surface area contributed by atoms with Gasteiger partial charge in [-0.05, 0) is 50.6 Å². The highest BCUT2D eigenvalue weighted by molar-refractivity contribution is 5.78. The number of aromatic amines is 1. The van der Waals surface area contributed by atoms with Crippen molar-refractivity contribution < 1.29 is 9.53 Å². The average Bonchev–Trinajstić information content (AvgIpc) is 3.32. The summed E-state index contributed by atoms with van der Waals surface area (Å²) in [6, 6.07) is 10.1. The van der Waals surface area contributed by atoms with Crippen molar-refractivity contribution in [3.63, 3.8) is 0 Å². The minimum absolute atomic E-state index is 0.187. The molecule has 1 saturated heterocycles. The summed E-state index contributed by atoms with van der Waals surface area (Å²) in [7, 11) is 5.49. The maximum absolute atomic E-state index is 12.3. The summed E-state index contributed by atoms with van der Waals surface area (Å²) in [6.07, 6.45) is 4.76. The number of piperidine rings is 1. The Labute approximate surface area is 198 Å². The van der Waals surface area contributed by atoms with E-state index in [9.17, 15) is 4.79 Å². The van der Waals surface area contributed by atoms with Gasteiger partial charge in [-0.25, -0.2) is 9.97 Å². The first-order valence-corrected chi connectivity index (χ1v) is 11.1. The highest BCUT2D eigenvalue weighted by Gasteiger charge is 2.25. The van der Waals surface area contributed by atoms with Crippen molar-refractivity contribution in [3.8, 4) is 23.1 Å². The van der Waals surface area contributed by atoms with Crippen molar-refractivity contribution >= 4 is 17.5 Å². The van der Waals surface area contributed by atoms with Crippen LogP contribution in [0.1, 0.15) is 30.0 Å². The molecule has 3 heterocycles. The molecule has 1 amide bonds. The van der Waals surface area contributed by atoms with E-state index in [-0.39, 0.29) is 11.6 Å². The Bertz CT molecular complexity index is 1170.